The number of nitrogens with zero attached hydrogens (tertiary/aromatic N) is 2. The summed E-state index contributed by atoms with van der Waals surface area (Å²) in [6, 6.07) is 0.271. The minimum absolute atomic E-state index is 0.176. The van der Waals surface area contributed by atoms with Crippen molar-refractivity contribution in [2.24, 2.45) is 0 Å². The Kier molecular flexibility index (Phi) is 4.24. The minimum atomic E-state index is -0.221. The van der Waals surface area contributed by atoms with Crippen LogP contribution in [0.2, 0.25) is 0 Å². The SMILES string of the molecule is COC(=O)C(CCn1nc(C)c(C)c1C)NC1CC1. The van der Waals surface area contributed by atoms with Gasteiger partial charge in [-0.3, -0.25) is 9.48 Å². The van der Waals surface area contributed by atoms with Gasteiger partial charge in [0.25, 0.3) is 0 Å². The van der Waals surface area contributed by atoms with Gasteiger partial charge in [0.15, 0.2) is 0 Å². The lowest BCUT2D eigenvalue weighted by Gasteiger charge is -2.16. The van der Waals surface area contributed by atoms with E-state index in [1.807, 2.05) is 11.6 Å². The van der Waals surface area contributed by atoms with E-state index < -0.39 is 0 Å². The maximum absolute atomic E-state index is 11.7. The third kappa shape index (κ3) is 3.35. The lowest BCUT2D eigenvalue weighted by atomic mass is 10.2. The van der Waals surface area contributed by atoms with Crippen LogP contribution in [0.1, 0.15) is 36.2 Å². The standard InChI is InChI=1S/C14H23N3O2/c1-9-10(2)16-17(11(9)3)8-7-13(14(18)19-4)15-12-5-6-12/h12-13,15H,5-8H2,1-4H3. The second-order valence-electron chi connectivity index (χ2n) is 5.32. The maximum Gasteiger partial charge on any atom is 0.322 e. The van der Waals surface area contributed by atoms with Crippen LogP contribution in [0.3, 0.4) is 0 Å². The van der Waals surface area contributed by atoms with Crippen molar-refractivity contribution < 1.29 is 9.53 Å². The molecule has 0 radical (unpaired) electrons. The Labute approximate surface area is 114 Å². The fourth-order valence-electron chi connectivity index (χ4n) is 2.20. The molecule has 0 amide bonds. The Balaban J connectivity index is 1.97. The van der Waals surface area contributed by atoms with Crippen molar-refractivity contribution in [1.29, 1.82) is 0 Å². The van der Waals surface area contributed by atoms with Crippen LogP contribution in [0, 0.1) is 20.8 Å². The van der Waals surface area contributed by atoms with Gasteiger partial charge in [0.05, 0.1) is 12.8 Å². The fourth-order valence-corrected chi connectivity index (χ4v) is 2.20. The molecule has 1 atom stereocenters. The summed E-state index contributed by atoms with van der Waals surface area (Å²) in [6.45, 7) is 6.89. The molecule has 2 rings (SSSR count). The molecule has 1 fully saturated rings. The van der Waals surface area contributed by atoms with Gasteiger partial charge in [0.1, 0.15) is 6.04 Å². The van der Waals surface area contributed by atoms with Crippen LogP contribution in [-0.2, 0) is 16.1 Å². The number of hydrogen-bond donors (Lipinski definition) is 1. The normalized spacial score (nSPS) is 16.4. The van der Waals surface area contributed by atoms with Gasteiger partial charge in [-0.05, 0) is 45.6 Å². The molecule has 106 valence electrons. The van der Waals surface area contributed by atoms with E-state index in [0.717, 1.165) is 25.1 Å². The van der Waals surface area contributed by atoms with Gasteiger partial charge in [-0.25, -0.2) is 0 Å². The molecule has 1 aromatic heterocycles. The van der Waals surface area contributed by atoms with E-state index in [-0.39, 0.29) is 12.0 Å². The molecule has 1 aliphatic carbocycles. The number of rotatable bonds is 6. The number of nitrogens with one attached hydrogen (secondary N) is 1. The molecule has 1 unspecified atom stereocenters. The van der Waals surface area contributed by atoms with E-state index in [1.165, 1.54) is 18.4 Å². The number of aromatic nitrogens is 2. The number of hydrogen-bond acceptors (Lipinski definition) is 4. The highest BCUT2D eigenvalue weighted by molar-refractivity contribution is 5.75. The second-order valence-corrected chi connectivity index (χ2v) is 5.32. The Morgan fingerprint density at radius 2 is 2.16 bits per heavy atom. The monoisotopic (exact) mass is 265 g/mol. The molecular weight excluding hydrogens is 242 g/mol. The van der Waals surface area contributed by atoms with E-state index in [1.54, 1.807) is 0 Å². The first-order valence-corrected chi connectivity index (χ1v) is 6.87. The molecule has 0 aliphatic heterocycles. The van der Waals surface area contributed by atoms with E-state index in [4.69, 9.17) is 4.74 Å². The van der Waals surface area contributed by atoms with E-state index >= 15 is 0 Å². The smallest absolute Gasteiger partial charge is 0.322 e. The molecule has 1 aliphatic rings. The summed E-state index contributed by atoms with van der Waals surface area (Å²) in [5.74, 6) is -0.176. The molecule has 0 saturated heterocycles. The van der Waals surface area contributed by atoms with Gasteiger partial charge in [-0.2, -0.15) is 5.10 Å². The Hall–Kier alpha value is -1.36. The van der Waals surface area contributed by atoms with Crippen LogP contribution in [0.5, 0.6) is 0 Å². The van der Waals surface area contributed by atoms with Crippen LogP contribution >= 0.6 is 0 Å². The summed E-state index contributed by atoms with van der Waals surface area (Å²) in [4.78, 5) is 11.7. The zero-order valence-electron chi connectivity index (χ0n) is 12.2. The lowest BCUT2D eigenvalue weighted by molar-refractivity contribution is -0.143. The molecule has 1 saturated carbocycles. The number of methoxy groups -OCH3 is 1. The lowest BCUT2D eigenvalue weighted by Crippen LogP contribution is -2.39. The van der Waals surface area contributed by atoms with Gasteiger partial charge in [-0.15, -0.1) is 0 Å². The zero-order chi connectivity index (χ0) is 14.0. The summed E-state index contributed by atoms with van der Waals surface area (Å²) >= 11 is 0. The largest absolute Gasteiger partial charge is 0.468 e. The topological polar surface area (TPSA) is 56.2 Å². The van der Waals surface area contributed by atoms with E-state index in [2.05, 4.69) is 24.3 Å². The first-order valence-electron chi connectivity index (χ1n) is 6.87. The van der Waals surface area contributed by atoms with Crippen molar-refractivity contribution >= 4 is 5.97 Å². The Morgan fingerprint density at radius 1 is 1.47 bits per heavy atom. The fraction of sp³-hybridized carbons (Fsp3) is 0.714. The number of aryl methyl sites for hydroxylation is 2. The van der Waals surface area contributed by atoms with Crippen molar-refractivity contribution in [2.75, 3.05) is 7.11 Å². The van der Waals surface area contributed by atoms with Crippen LogP contribution in [-0.4, -0.2) is 34.9 Å². The van der Waals surface area contributed by atoms with Gasteiger partial charge < -0.3 is 10.1 Å². The highest BCUT2D eigenvalue weighted by Crippen LogP contribution is 2.20. The number of ether oxygens (including phenoxy) is 1. The van der Waals surface area contributed by atoms with Gasteiger partial charge in [0.2, 0.25) is 0 Å². The molecular formula is C14H23N3O2. The number of carbonyl (C=O) groups is 1. The van der Waals surface area contributed by atoms with Crippen molar-refractivity contribution in [2.45, 2.75) is 58.7 Å². The first kappa shape index (κ1) is 14.1. The molecule has 5 nitrogen and oxygen atoms in total. The van der Waals surface area contributed by atoms with Crippen LogP contribution in [0.25, 0.3) is 0 Å². The predicted octanol–water partition coefficient (Wildman–Crippen LogP) is 1.49. The highest BCUT2D eigenvalue weighted by atomic mass is 16.5. The summed E-state index contributed by atoms with van der Waals surface area (Å²) in [6.07, 6.45) is 3.03. The quantitative estimate of drug-likeness (QED) is 0.792. The average molecular weight is 265 g/mol. The molecule has 1 heterocycles. The molecule has 1 N–H and O–H groups in total. The third-order valence-corrected chi connectivity index (χ3v) is 3.87. The Morgan fingerprint density at radius 3 is 2.63 bits per heavy atom. The predicted molar refractivity (Wildman–Crippen MR) is 73.0 cm³/mol. The maximum atomic E-state index is 11.7. The molecule has 0 bridgehead atoms. The van der Waals surface area contributed by atoms with Crippen LogP contribution in [0.4, 0.5) is 0 Å². The molecule has 19 heavy (non-hydrogen) atoms. The van der Waals surface area contributed by atoms with Crippen molar-refractivity contribution in [3.8, 4) is 0 Å². The molecule has 0 aromatic carbocycles. The van der Waals surface area contributed by atoms with Crippen molar-refractivity contribution in [3.63, 3.8) is 0 Å². The summed E-state index contributed by atoms with van der Waals surface area (Å²) < 4.78 is 6.84. The first-order chi connectivity index (χ1) is 9.02. The van der Waals surface area contributed by atoms with Gasteiger partial charge in [0, 0.05) is 18.3 Å². The second kappa shape index (κ2) is 5.74. The average Bonchev–Trinajstić information content (AvgIpc) is 3.18. The van der Waals surface area contributed by atoms with E-state index in [0.29, 0.717) is 12.5 Å². The van der Waals surface area contributed by atoms with Gasteiger partial charge >= 0.3 is 5.97 Å². The summed E-state index contributed by atoms with van der Waals surface area (Å²) in [5, 5.41) is 7.84. The van der Waals surface area contributed by atoms with Crippen LogP contribution < -0.4 is 5.32 Å². The van der Waals surface area contributed by atoms with Crippen molar-refractivity contribution in [3.05, 3.63) is 17.0 Å². The molecule has 5 heteroatoms. The third-order valence-electron chi connectivity index (χ3n) is 3.87. The Bertz CT molecular complexity index is 464. The zero-order valence-corrected chi connectivity index (χ0v) is 12.2. The molecule has 1 aromatic rings. The summed E-state index contributed by atoms with van der Waals surface area (Å²) in [5.41, 5.74) is 3.46. The van der Waals surface area contributed by atoms with E-state index in [9.17, 15) is 4.79 Å². The minimum Gasteiger partial charge on any atom is -0.468 e. The summed E-state index contributed by atoms with van der Waals surface area (Å²) in [7, 11) is 1.44. The number of carbonyl (C=O) groups excluding carboxylic acids is 1. The highest BCUT2D eigenvalue weighted by Gasteiger charge is 2.28. The number of esters is 1. The van der Waals surface area contributed by atoms with Crippen molar-refractivity contribution in [1.82, 2.24) is 15.1 Å². The van der Waals surface area contributed by atoms with Gasteiger partial charge in [-0.1, -0.05) is 0 Å². The molecule has 0 spiro atoms. The van der Waals surface area contributed by atoms with Crippen LogP contribution in [0.15, 0.2) is 0 Å².